The SMILES string of the molecule is CC(C)(C)[C@@H](N)c1cc([N+](=O)[O-])ccc1Cl.Cl. The minimum absolute atomic E-state index is 0. The topological polar surface area (TPSA) is 69.2 Å². The number of nitrogens with two attached hydrogens (primary N) is 1. The Morgan fingerprint density at radius 1 is 1.41 bits per heavy atom. The minimum Gasteiger partial charge on any atom is -0.323 e. The second-order valence-electron chi connectivity index (χ2n) is 4.81. The largest absolute Gasteiger partial charge is 0.323 e. The molecule has 1 atom stereocenters. The van der Waals surface area contributed by atoms with E-state index in [1.807, 2.05) is 20.8 Å². The van der Waals surface area contributed by atoms with Crippen LogP contribution in [0.2, 0.25) is 5.02 Å². The van der Waals surface area contributed by atoms with Gasteiger partial charge in [-0.25, -0.2) is 0 Å². The van der Waals surface area contributed by atoms with Crippen LogP contribution in [0.25, 0.3) is 0 Å². The van der Waals surface area contributed by atoms with E-state index < -0.39 is 4.92 Å². The maximum absolute atomic E-state index is 10.7. The summed E-state index contributed by atoms with van der Waals surface area (Å²) >= 11 is 6.00. The molecule has 0 amide bonds. The van der Waals surface area contributed by atoms with Gasteiger partial charge >= 0.3 is 0 Å². The molecule has 6 heteroatoms. The Labute approximate surface area is 112 Å². The molecule has 0 aromatic heterocycles. The van der Waals surface area contributed by atoms with Gasteiger partial charge in [0.2, 0.25) is 0 Å². The standard InChI is InChI=1S/C11H15ClN2O2.ClH/c1-11(2,3)10(13)8-6-7(14(15)16)4-5-9(8)12;/h4-6,10H,13H2,1-3H3;1H/t10-;/m0./s1. The van der Waals surface area contributed by atoms with Gasteiger partial charge in [0.15, 0.2) is 0 Å². The highest BCUT2D eigenvalue weighted by molar-refractivity contribution is 6.31. The molecule has 1 aromatic rings. The van der Waals surface area contributed by atoms with Crippen LogP contribution in [0.1, 0.15) is 32.4 Å². The number of nitro groups is 1. The fourth-order valence-electron chi connectivity index (χ4n) is 1.35. The first-order valence-electron chi connectivity index (χ1n) is 4.93. The smallest absolute Gasteiger partial charge is 0.269 e. The van der Waals surface area contributed by atoms with Crippen LogP contribution in [0, 0.1) is 15.5 Å². The maximum atomic E-state index is 10.7. The van der Waals surface area contributed by atoms with Crippen LogP contribution >= 0.6 is 24.0 Å². The molecule has 0 bridgehead atoms. The second kappa shape index (κ2) is 5.67. The summed E-state index contributed by atoms with van der Waals surface area (Å²) in [4.78, 5) is 10.2. The summed E-state index contributed by atoms with van der Waals surface area (Å²) in [6, 6.07) is 4.00. The molecule has 0 heterocycles. The van der Waals surface area contributed by atoms with Gasteiger partial charge < -0.3 is 5.73 Å². The van der Waals surface area contributed by atoms with Crippen molar-refractivity contribution in [3.05, 3.63) is 38.9 Å². The molecule has 0 aliphatic carbocycles. The summed E-state index contributed by atoms with van der Waals surface area (Å²) in [5.41, 5.74) is 6.47. The molecule has 1 aromatic carbocycles. The van der Waals surface area contributed by atoms with Crippen molar-refractivity contribution in [3.8, 4) is 0 Å². The van der Waals surface area contributed by atoms with Gasteiger partial charge in [0.1, 0.15) is 0 Å². The third-order valence-electron chi connectivity index (χ3n) is 2.46. The van der Waals surface area contributed by atoms with Crippen LogP contribution in [0.4, 0.5) is 5.69 Å². The van der Waals surface area contributed by atoms with Crippen LogP contribution in [0.5, 0.6) is 0 Å². The maximum Gasteiger partial charge on any atom is 0.269 e. The van der Waals surface area contributed by atoms with Gasteiger partial charge in [-0.15, -0.1) is 12.4 Å². The van der Waals surface area contributed by atoms with Gasteiger partial charge in [-0.1, -0.05) is 32.4 Å². The van der Waals surface area contributed by atoms with E-state index in [2.05, 4.69) is 0 Å². The van der Waals surface area contributed by atoms with Gasteiger partial charge in [-0.05, 0) is 17.0 Å². The van der Waals surface area contributed by atoms with Gasteiger partial charge in [-0.3, -0.25) is 10.1 Å². The van der Waals surface area contributed by atoms with Crippen molar-refractivity contribution >= 4 is 29.7 Å². The van der Waals surface area contributed by atoms with Crippen molar-refractivity contribution in [1.29, 1.82) is 0 Å². The van der Waals surface area contributed by atoms with Crippen molar-refractivity contribution < 1.29 is 4.92 Å². The lowest BCUT2D eigenvalue weighted by molar-refractivity contribution is -0.384. The number of rotatable bonds is 2. The summed E-state index contributed by atoms with van der Waals surface area (Å²) in [5.74, 6) is 0. The number of hydrogen-bond acceptors (Lipinski definition) is 3. The lowest BCUT2D eigenvalue weighted by Gasteiger charge is -2.27. The predicted octanol–water partition coefficient (Wildman–Crippen LogP) is 3.72. The molecule has 0 unspecified atom stereocenters. The van der Waals surface area contributed by atoms with Crippen LogP contribution in [-0.2, 0) is 0 Å². The highest BCUT2D eigenvalue weighted by Gasteiger charge is 2.25. The van der Waals surface area contributed by atoms with E-state index in [0.29, 0.717) is 10.6 Å². The summed E-state index contributed by atoms with van der Waals surface area (Å²) in [7, 11) is 0. The van der Waals surface area contributed by atoms with Crippen LogP contribution in [0.15, 0.2) is 18.2 Å². The normalized spacial score (nSPS) is 12.8. The zero-order valence-electron chi connectivity index (χ0n) is 9.94. The van der Waals surface area contributed by atoms with Crippen molar-refractivity contribution in [2.24, 2.45) is 11.1 Å². The molecule has 0 aliphatic rings. The Morgan fingerprint density at radius 2 is 1.94 bits per heavy atom. The zero-order valence-corrected chi connectivity index (χ0v) is 11.5. The summed E-state index contributed by atoms with van der Waals surface area (Å²) < 4.78 is 0. The third kappa shape index (κ3) is 3.84. The summed E-state index contributed by atoms with van der Waals surface area (Å²) in [5, 5.41) is 11.1. The fraction of sp³-hybridized carbons (Fsp3) is 0.455. The number of non-ortho nitro benzene ring substituents is 1. The number of nitro benzene ring substituents is 1. The van der Waals surface area contributed by atoms with Gasteiger partial charge in [-0.2, -0.15) is 0 Å². The lowest BCUT2D eigenvalue weighted by Crippen LogP contribution is -2.26. The third-order valence-corrected chi connectivity index (χ3v) is 2.80. The molecule has 1 rings (SSSR count). The average Bonchev–Trinajstić information content (AvgIpc) is 2.15. The first-order chi connectivity index (χ1) is 7.23. The number of hydrogen-bond donors (Lipinski definition) is 1. The number of halogens is 2. The first kappa shape index (κ1) is 16.2. The Bertz CT molecular complexity index is 416. The molecule has 0 radical (unpaired) electrons. The van der Waals surface area contributed by atoms with Crippen LogP contribution in [-0.4, -0.2) is 4.92 Å². The Balaban J connectivity index is 0.00000256. The van der Waals surface area contributed by atoms with Crippen molar-refractivity contribution in [2.45, 2.75) is 26.8 Å². The van der Waals surface area contributed by atoms with E-state index in [0.717, 1.165) is 0 Å². The number of nitrogens with zero attached hydrogens (tertiary/aromatic N) is 1. The molecule has 0 saturated heterocycles. The lowest BCUT2D eigenvalue weighted by atomic mass is 9.83. The predicted molar refractivity (Wildman–Crippen MR) is 71.7 cm³/mol. The second-order valence-corrected chi connectivity index (χ2v) is 5.21. The monoisotopic (exact) mass is 278 g/mol. The molecular formula is C11H16Cl2N2O2. The van der Waals surface area contributed by atoms with E-state index in [4.69, 9.17) is 17.3 Å². The van der Waals surface area contributed by atoms with Crippen molar-refractivity contribution in [2.75, 3.05) is 0 Å². The molecular weight excluding hydrogens is 263 g/mol. The molecule has 0 aliphatic heterocycles. The van der Waals surface area contributed by atoms with Crippen molar-refractivity contribution in [1.82, 2.24) is 0 Å². The van der Waals surface area contributed by atoms with E-state index in [9.17, 15) is 10.1 Å². The zero-order chi connectivity index (χ0) is 12.5. The summed E-state index contributed by atoms with van der Waals surface area (Å²) in [6.07, 6.45) is 0. The minimum atomic E-state index is -0.449. The molecule has 2 N–H and O–H groups in total. The first-order valence-corrected chi connectivity index (χ1v) is 5.30. The molecule has 96 valence electrons. The van der Waals surface area contributed by atoms with E-state index in [1.54, 1.807) is 0 Å². The Kier molecular flexibility index (Phi) is 5.39. The molecule has 4 nitrogen and oxygen atoms in total. The molecule has 0 fully saturated rings. The van der Waals surface area contributed by atoms with Crippen LogP contribution in [0.3, 0.4) is 0 Å². The Morgan fingerprint density at radius 3 is 2.35 bits per heavy atom. The van der Waals surface area contributed by atoms with Gasteiger partial charge in [0, 0.05) is 23.2 Å². The van der Waals surface area contributed by atoms with E-state index >= 15 is 0 Å². The van der Waals surface area contributed by atoms with Crippen LogP contribution < -0.4 is 5.73 Å². The summed E-state index contributed by atoms with van der Waals surface area (Å²) in [6.45, 7) is 5.90. The van der Waals surface area contributed by atoms with Gasteiger partial charge in [0.05, 0.1) is 4.92 Å². The molecule has 0 saturated carbocycles. The highest BCUT2D eigenvalue weighted by Crippen LogP contribution is 2.35. The van der Waals surface area contributed by atoms with Crippen molar-refractivity contribution in [3.63, 3.8) is 0 Å². The van der Waals surface area contributed by atoms with E-state index in [-0.39, 0.29) is 29.6 Å². The quantitative estimate of drug-likeness (QED) is 0.662. The Hall–Kier alpha value is -0.840. The highest BCUT2D eigenvalue weighted by atomic mass is 35.5. The van der Waals surface area contributed by atoms with Gasteiger partial charge in [0.25, 0.3) is 5.69 Å². The number of benzene rings is 1. The molecule has 0 spiro atoms. The molecule has 17 heavy (non-hydrogen) atoms. The fourth-order valence-corrected chi connectivity index (χ4v) is 1.58. The average molecular weight is 279 g/mol. The van der Waals surface area contributed by atoms with E-state index in [1.165, 1.54) is 18.2 Å².